The summed E-state index contributed by atoms with van der Waals surface area (Å²) in [5.41, 5.74) is 1.47. The van der Waals surface area contributed by atoms with Crippen LogP contribution >= 0.6 is 11.6 Å². The quantitative estimate of drug-likeness (QED) is 0.358. The van der Waals surface area contributed by atoms with Crippen LogP contribution in [0.1, 0.15) is 42.4 Å². The zero-order chi connectivity index (χ0) is 30.2. The van der Waals surface area contributed by atoms with Crippen LogP contribution in [0.2, 0.25) is 5.02 Å². The molecule has 13 heteroatoms. The molecule has 0 unspecified atom stereocenters. The van der Waals surface area contributed by atoms with E-state index in [2.05, 4.69) is 31.6 Å². The minimum Gasteiger partial charge on any atom is -0.491 e. The minimum absolute atomic E-state index is 0.104. The van der Waals surface area contributed by atoms with Gasteiger partial charge in [0, 0.05) is 11.4 Å². The number of fused-ring (bicyclic) bond motifs is 3. The number of nitrogens with one attached hydrogen (secondary N) is 4. The molecule has 1 aliphatic rings. The molecule has 4 amide bonds. The Balaban J connectivity index is 1.67. The fourth-order valence-corrected chi connectivity index (χ4v) is 4.54. The Labute approximate surface area is 248 Å². The highest BCUT2D eigenvalue weighted by Gasteiger charge is 2.31. The second-order valence-electron chi connectivity index (χ2n) is 10.4. The predicted octanol–water partition coefficient (Wildman–Crippen LogP) is 1.63. The van der Waals surface area contributed by atoms with Gasteiger partial charge in [-0.15, -0.1) is 5.10 Å². The molecule has 0 aliphatic carbocycles. The van der Waals surface area contributed by atoms with Crippen LogP contribution in [0.25, 0.3) is 0 Å². The van der Waals surface area contributed by atoms with Crippen molar-refractivity contribution in [1.29, 1.82) is 0 Å². The van der Waals surface area contributed by atoms with Gasteiger partial charge in [0.15, 0.2) is 0 Å². The molecule has 3 atom stereocenters. The summed E-state index contributed by atoms with van der Waals surface area (Å²) in [6.07, 6.45) is 1.83. The summed E-state index contributed by atoms with van der Waals surface area (Å²) in [4.78, 5) is 53.1. The van der Waals surface area contributed by atoms with Crippen LogP contribution in [0.3, 0.4) is 0 Å². The summed E-state index contributed by atoms with van der Waals surface area (Å²) in [7, 11) is 0. The van der Waals surface area contributed by atoms with Crippen molar-refractivity contribution in [3.8, 4) is 5.75 Å². The van der Waals surface area contributed by atoms with Crippen LogP contribution in [0, 0.1) is 5.92 Å². The number of nitrogens with zero attached hydrogens (tertiary/aromatic N) is 3. The smallest absolute Gasteiger partial charge is 0.255 e. The molecule has 3 aromatic rings. The van der Waals surface area contributed by atoms with Gasteiger partial charge in [0.05, 0.1) is 24.8 Å². The van der Waals surface area contributed by atoms with Gasteiger partial charge in [0.2, 0.25) is 17.7 Å². The van der Waals surface area contributed by atoms with Crippen LogP contribution in [-0.2, 0) is 33.9 Å². The fraction of sp³-hybridized carbons (Fsp3) is 0.379. The summed E-state index contributed by atoms with van der Waals surface area (Å²) in [5, 5.41) is 19.4. The van der Waals surface area contributed by atoms with Crippen molar-refractivity contribution < 1.29 is 23.9 Å². The van der Waals surface area contributed by atoms with Gasteiger partial charge in [-0.3, -0.25) is 19.2 Å². The van der Waals surface area contributed by atoms with Gasteiger partial charge in [0.25, 0.3) is 5.91 Å². The first-order valence-electron chi connectivity index (χ1n) is 13.7. The van der Waals surface area contributed by atoms with E-state index in [0.717, 1.165) is 5.56 Å². The number of rotatable bonds is 3. The maximum atomic E-state index is 13.6. The summed E-state index contributed by atoms with van der Waals surface area (Å²) < 4.78 is 7.45. The van der Waals surface area contributed by atoms with Crippen molar-refractivity contribution in [3.05, 3.63) is 76.6 Å². The van der Waals surface area contributed by atoms with Gasteiger partial charge in [-0.1, -0.05) is 61.0 Å². The molecule has 2 bridgehead atoms. The summed E-state index contributed by atoms with van der Waals surface area (Å²) in [6, 6.07) is 10.9. The Morgan fingerprint density at radius 1 is 1.00 bits per heavy atom. The molecule has 0 saturated carbocycles. The molecular formula is C29H34ClN7O5. The van der Waals surface area contributed by atoms with Crippen LogP contribution in [0.5, 0.6) is 5.75 Å². The number of ether oxygens (including phenoxy) is 1. The first-order valence-corrected chi connectivity index (χ1v) is 14.0. The van der Waals surface area contributed by atoms with Crippen LogP contribution < -0.4 is 26.0 Å². The van der Waals surface area contributed by atoms with E-state index >= 15 is 0 Å². The summed E-state index contributed by atoms with van der Waals surface area (Å²) in [6.45, 7) is 5.67. The Morgan fingerprint density at radius 2 is 1.76 bits per heavy atom. The Morgan fingerprint density at radius 3 is 2.50 bits per heavy atom. The molecule has 4 rings (SSSR count). The lowest BCUT2D eigenvalue weighted by Gasteiger charge is -2.26. The third kappa shape index (κ3) is 8.06. The van der Waals surface area contributed by atoms with E-state index in [1.165, 1.54) is 6.07 Å². The molecular weight excluding hydrogens is 562 g/mol. The van der Waals surface area contributed by atoms with Crippen molar-refractivity contribution in [2.45, 2.75) is 58.4 Å². The lowest BCUT2D eigenvalue weighted by Crippen LogP contribution is -2.58. The van der Waals surface area contributed by atoms with Gasteiger partial charge in [0.1, 0.15) is 36.2 Å². The largest absolute Gasteiger partial charge is 0.491 e. The van der Waals surface area contributed by atoms with E-state index in [-0.39, 0.29) is 36.8 Å². The molecule has 2 aromatic carbocycles. The van der Waals surface area contributed by atoms with Crippen molar-refractivity contribution in [3.63, 3.8) is 0 Å². The SMILES string of the molecule is CC(C)[C@@H]1NC(=O)[C@@H](Cc2ccccc2)NC(=O)c2cc(Cl)ccc2OCCn2cc(nn2)CNC(=O)[C@@H](C)NC1=O. The third-order valence-corrected chi connectivity index (χ3v) is 6.93. The number of carbonyl (C=O) groups excluding carboxylic acids is 4. The number of carbonyl (C=O) groups is 4. The zero-order valence-electron chi connectivity index (χ0n) is 23.6. The molecule has 1 aromatic heterocycles. The second kappa shape index (κ2) is 13.9. The second-order valence-corrected chi connectivity index (χ2v) is 10.8. The lowest BCUT2D eigenvalue weighted by molar-refractivity contribution is -0.133. The lowest BCUT2D eigenvalue weighted by atomic mass is 10.0. The minimum atomic E-state index is -1.04. The van der Waals surface area contributed by atoms with Crippen LogP contribution in [0.4, 0.5) is 0 Å². The Hall–Kier alpha value is -4.45. The van der Waals surface area contributed by atoms with Gasteiger partial charge < -0.3 is 26.0 Å². The number of benzene rings is 2. The van der Waals surface area contributed by atoms with Crippen LogP contribution in [-0.4, -0.2) is 63.4 Å². The Kier molecular flexibility index (Phi) is 10.1. The topological polar surface area (TPSA) is 156 Å². The molecule has 0 spiro atoms. The molecule has 0 radical (unpaired) electrons. The zero-order valence-corrected chi connectivity index (χ0v) is 24.4. The molecule has 1 aliphatic heterocycles. The average molecular weight is 596 g/mol. The third-order valence-electron chi connectivity index (χ3n) is 6.70. The van der Waals surface area contributed by atoms with Crippen molar-refractivity contribution in [2.24, 2.45) is 5.92 Å². The Bertz CT molecular complexity index is 1430. The van der Waals surface area contributed by atoms with E-state index in [1.54, 1.807) is 43.8 Å². The maximum absolute atomic E-state index is 13.6. The van der Waals surface area contributed by atoms with E-state index < -0.39 is 41.8 Å². The van der Waals surface area contributed by atoms with E-state index in [1.807, 2.05) is 30.3 Å². The van der Waals surface area contributed by atoms with E-state index in [0.29, 0.717) is 17.3 Å². The molecule has 42 heavy (non-hydrogen) atoms. The molecule has 4 N–H and O–H groups in total. The summed E-state index contributed by atoms with van der Waals surface area (Å²) in [5.74, 6) is -2.14. The number of hydrogen-bond donors (Lipinski definition) is 4. The first-order chi connectivity index (χ1) is 20.1. The van der Waals surface area contributed by atoms with Crippen molar-refractivity contribution in [1.82, 2.24) is 36.3 Å². The highest BCUT2D eigenvalue weighted by Crippen LogP contribution is 2.23. The molecule has 0 fully saturated rings. The molecule has 2 heterocycles. The number of amides is 4. The molecule has 12 nitrogen and oxygen atoms in total. The molecule has 222 valence electrons. The average Bonchev–Trinajstić information content (AvgIpc) is 3.42. The van der Waals surface area contributed by atoms with E-state index in [4.69, 9.17) is 16.3 Å². The van der Waals surface area contributed by atoms with Crippen molar-refractivity contribution in [2.75, 3.05) is 6.61 Å². The number of aromatic nitrogens is 3. The van der Waals surface area contributed by atoms with Crippen LogP contribution in [0.15, 0.2) is 54.7 Å². The predicted molar refractivity (Wildman–Crippen MR) is 155 cm³/mol. The number of hydrogen-bond acceptors (Lipinski definition) is 7. The summed E-state index contributed by atoms with van der Waals surface area (Å²) >= 11 is 6.22. The highest BCUT2D eigenvalue weighted by atomic mass is 35.5. The fourth-order valence-electron chi connectivity index (χ4n) is 4.37. The normalized spacial score (nSPS) is 20.8. The van der Waals surface area contributed by atoms with Gasteiger partial charge >= 0.3 is 0 Å². The van der Waals surface area contributed by atoms with Gasteiger partial charge in [-0.2, -0.15) is 0 Å². The molecule has 0 saturated heterocycles. The van der Waals surface area contributed by atoms with Gasteiger partial charge in [-0.05, 0) is 36.6 Å². The monoisotopic (exact) mass is 595 g/mol. The van der Waals surface area contributed by atoms with E-state index in [9.17, 15) is 19.2 Å². The first kappa shape index (κ1) is 30.5. The standard InChI is InChI=1S/C29H34ClN7O5/c1-17(2)25-29(41)32-18(3)26(38)31-15-21-16-37(36-35-21)11-12-42-24-10-9-20(30)14-22(24)27(39)33-23(28(40)34-25)13-19-7-5-4-6-8-19/h4-10,14,16-18,23,25H,11-13,15H2,1-3H3,(H,31,38)(H,32,41)(H,33,39)(H,34,40)/t18-,23-,25+/m1/s1. The van der Waals surface area contributed by atoms with Gasteiger partial charge in [-0.25, -0.2) is 4.68 Å². The van der Waals surface area contributed by atoms with Crippen molar-refractivity contribution >= 4 is 35.2 Å². The highest BCUT2D eigenvalue weighted by molar-refractivity contribution is 6.31. The number of halogens is 1. The maximum Gasteiger partial charge on any atom is 0.255 e.